The highest BCUT2D eigenvalue weighted by Gasteiger charge is 2.13. The van der Waals surface area contributed by atoms with Gasteiger partial charge in [0.25, 0.3) is 5.69 Å². The minimum absolute atomic E-state index is 0.0405. The van der Waals surface area contributed by atoms with E-state index >= 15 is 0 Å². The van der Waals surface area contributed by atoms with Crippen molar-refractivity contribution >= 4 is 46.1 Å². The molecule has 4 aromatic rings. The third kappa shape index (κ3) is 5.15. The molecule has 1 amide bonds. The average molecular weight is 476 g/mol. The average Bonchev–Trinajstić information content (AvgIpc) is 3.26. The van der Waals surface area contributed by atoms with Crippen LogP contribution in [0.1, 0.15) is 37.3 Å². The second-order valence-corrected chi connectivity index (χ2v) is 8.33. The van der Waals surface area contributed by atoms with Crippen molar-refractivity contribution in [2.75, 3.05) is 5.32 Å². The van der Waals surface area contributed by atoms with Gasteiger partial charge in [0.05, 0.1) is 4.92 Å². The van der Waals surface area contributed by atoms with Crippen LogP contribution in [0.15, 0.2) is 71.2 Å². The molecule has 0 saturated heterocycles. The third-order valence-corrected chi connectivity index (χ3v) is 5.88. The highest BCUT2D eigenvalue weighted by atomic mass is 35.5. The van der Waals surface area contributed by atoms with E-state index in [9.17, 15) is 14.9 Å². The standard InChI is InChI=1S/C26H22ClN3O4/c1-3-16(2)18-9-11-24-22(15-18)29-26(34-24)19-5-4-6-20(14-19)28-25(31)12-8-17-7-10-21(27)23(13-17)30(32)33/h4-16H,3H2,1-2H3,(H,28,31)/b12-8+. The number of nitro groups is 1. The number of oxazole rings is 1. The maximum Gasteiger partial charge on any atom is 0.288 e. The second-order valence-electron chi connectivity index (χ2n) is 7.93. The van der Waals surface area contributed by atoms with E-state index < -0.39 is 4.92 Å². The van der Waals surface area contributed by atoms with Gasteiger partial charge in [-0.3, -0.25) is 14.9 Å². The van der Waals surface area contributed by atoms with E-state index in [1.807, 2.05) is 18.2 Å². The number of halogens is 1. The van der Waals surface area contributed by atoms with Crippen molar-refractivity contribution in [2.24, 2.45) is 0 Å². The van der Waals surface area contributed by atoms with Crippen LogP contribution >= 0.6 is 11.6 Å². The van der Waals surface area contributed by atoms with Gasteiger partial charge < -0.3 is 9.73 Å². The second kappa shape index (κ2) is 9.89. The third-order valence-electron chi connectivity index (χ3n) is 5.56. The Bertz CT molecular complexity index is 1410. The molecule has 0 radical (unpaired) electrons. The van der Waals surface area contributed by atoms with Crippen LogP contribution in [0.2, 0.25) is 5.02 Å². The number of hydrogen-bond donors (Lipinski definition) is 1. The molecule has 1 unspecified atom stereocenters. The van der Waals surface area contributed by atoms with Crippen LogP contribution in [0.5, 0.6) is 0 Å². The van der Waals surface area contributed by atoms with Crippen LogP contribution in [0, 0.1) is 10.1 Å². The van der Waals surface area contributed by atoms with Gasteiger partial charge in [0.1, 0.15) is 10.5 Å². The largest absolute Gasteiger partial charge is 0.436 e. The number of benzene rings is 3. The lowest BCUT2D eigenvalue weighted by molar-refractivity contribution is -0.384. The van der Waals surface area contributed by atoms with Crippen molar-refractivity contribution in [3.63, 3.8) is 0 Å². The Morgan fingerprint density at radius 1 is 1.21 bits per heavy atom. The molecule has 0 aliphatic rings. The Hall–Kier alpha value is -3.97. The minimum atomic E-state index is -0.567. The monoisotopic (exact) mass is 475 g/mol. The smallest absolute Gasteiger partial charge is 0.288 e. The predicted molar refractivity (Wildman–Crippen MR) is 134 cm³/mol. The molecule has 34 heavy (non-hydrogen) atoms. The van der Waals surface area contributed by atoms with Crippen molar-refractivity contribution in [1.29, 1.82) is 0 Å². The van der Waals surface area contributed by atoms with Gasteiger partial charge in [0, 0.05) is 23.4 Å². The number of aromatic nitrogens is 1. The van der Waals surface area contributed by atoms with Crippen LogP contribution in [-0.4, -0.2) is 15.8 Å². The number of nitro benzene ring substituents is 1. The molecule has 0 aliphatic carbocycles. The van der Waals surface area contributed by atoms with Crippen LogP contribution in [-0.2, 0) is 4.79 Å². The maximum absolute atomic E-state index is 12.4. The van der Waals surface area contributed by atoms with Crippen molar-refractivity contribution in [3.8, 4) is 11.5 Å². The quantitative estimate of drug-likeness (QED) is 0.173. The Kier molecular flexibility index (Phi) is 6.75. The van der Waals surface area contributed by atoms with E-state index in [4.69, 9.17) is 16.0 Å². The van der Waals surface area contributed by atoms with Crippen LogP contribution in [0.25, 0.3) is 28.6 Å². The molecule has 1 heterocycles. The first-order chi connectivity index (χ1) is 16.3. The summed E-state index contributed by atoms with van der Waals surface area (Å²) in [6.07, 6.45) is 3.83. The molecule has 0 fully saturated rings. The Labute approximate surface area is 201 Å². The lowest BCUT2D eigenvalue weighted by Gasteiger charge is -2.07. The van der Waals surface area contributed by atoms with Gasteiger partial charge in [-0.2, -0.15) is 0 Å². The van der Waals surface area contributed by atoms with Crippen molar-refractivity contribution in [1.82, 2.24) is 4.98 Å². The maximum atomic E-state index is 12.4. The lowest BCUT2D eigenvalue weighted by Crippen LogP contribution is -2.07. The van der Waals surface area contributed by atoms with Gasteiger partial charge in [-0.25, -0.2) is 4.98 Å². The summed E-state index contributed by atoms with van der Waals surface area (Å²) < 4.78 is 5.92. The lowest BCUT2D eigenvalue weighted by atomic mass is 9.98. The molecule has 1 aromatic heterocycles. The number of nitrogens with zero attached hydrogens (tertiary/aromatic N) is 2. The van der Waals surface area contributed by atoms with Gasteiger partial charge >= 0.3 is 0 Å². The number of carbonyl (C=O) groups is 1. The number of carbonyl (C=O) groups excluding carboxylic acids is 1. The molecule has 7 nitrogen and oxygen atoms in total. The summed E-state index contributed by atoms with van der Waals surface area (Å²) in [4.78, 5) is 27.5. The number of amides is 1. The van der Waals surface area contributed by atoms with Gasteiger partial charge in [-0.15, -0.1) is 0 Å². The summed E-state index contributed by atoms with van der Waals surface area (Å²) >= 11 is 5.82. The summed E-state index contributed by atoms with van der Waals surface area (Å²) in [7, 11) is 0. The van der Waals surface area contributed by atoms with Crippen molar-refractivity contribution in [3.05, 3.63) is 93.0 Å². The molecule has 8 heteroatoms. The number of nitrogens with one attached hydrogen (secondary N) is 1. The Morgan fingerprint density at radius 3 is 2.79 bits per heavy atom. The van der Waals surface area contributed by atoms with E-state index in [1.165, 1.54) is 29.8 Å². The summed E-state index contributed by atoms with van der Waals surface area (Å²) in [5.41, 5.74) is 4.29. The van der Waals surface area contributed by atoms with Crippen LogP contribution < -0.4 is 5.32 Å². The molecule has 3 aromatic carbocycles. The molecule has 0 spiro atoms. The zero-order chi connectivity index (χ0) is 24.2. The molecule has 1 N–H and O–H groups in total. The first-order valence-electron chi connectivity index (χ1n) is 10.8. The first kappa shape index (κ1) is 23.2. The molecule has 172 valence electrons. The molecular formula is C26H22ClN3O4. The highest BCUT2D eigenvalue weighted by Crippen LogP contribution is 2.29. The number of anilines is 1. The first-order valence-corrected chi connectivity index (χ1v) is 11.2. The van der Waals surface area contributed by atoms with E-state index in [0.29, 0.717) is 28.6 Å². The predicted octanol–water partition coefficient (Wildman–Crippen LogP) is 7.22. The molecule has 0 aliphatic heterocycles. The Morgan fingerprint density at radius 2 is 2.03 bits per heavy atom. The van der Waals surface area contributed by atoms with Gasteiger partial charge in [0.2, 0.25) is 11.8 Å². The summed E-state index contributed by atoms with van der Waals surface area (Å²) in [6.45, 7) is 4.33. The SMILES string of the molecule is CCC(C)c1ccc2oc(-c3cccc(NC(=O)/C=C/c4ccc(Cl)c([N+](=O)[O-])c4)c3)nc2c1. The van der Waals surface area contributed by atoms with Crippen molar-refractivity contribution in [2.45, 2.75) is 26.2 Å². The van der Waals surface area contributed by atoms with Crippen LogP contribution in [0.4, 0.5) is 11.4 Å². The zero-order valence-electron chi connectivity index (χ0n) is 18.6. The summed E-state index contributed by atoms with van der Waals surface area (Å²) in [6, 6.07) is 17.6. The van der Waals surface area contributed by atoms with Crippen molar-refractivity contribution < 1.29 is 14.1 Å². The van der Waals surface area contributed by atoms with E-state index in [0.717, 1.165) is 17.5 Å². The van der Waals surface area contributed by atoms with Gasteiger partial charge in [-0.05, 0) is 65.9 Å². The molecule has 0 saturated carbocycles. The fourth-order valence-corrected chi connectivity index (χ4v) is 3.66. The normalized spacial score (nSPS) is 12.2. The summed E-state index contributed by atoms with van der Waals surface area (Å²) in [5.74, 6) is 0.525. The van der Waals surface area contributed by atoms with E-state index in [2.05, 4.69) is 30.2 Å². The molecular weight excluding hydrogens is 454 g/mol. The minimum Gasteiger partial charge on any atom is -0.436 e. The van der Waals surface area contributed by atoms with Gasteiger partial charge in [-0.1, -0.05) is 43.6 Å². The molecule has 1 atom stereocenters. The van der Waals surface area contributed by atoms with E-state index in [-0.39, 0.29) is 16.6 Å². The van der Waals surface area contributed by atoms with Crippen LogP contribution in [0.3, 0.4) is 0 Å². The highest BCUT2D eigenvalue weighted by molar-refractivity contribution is 6.32. The van der Waals surface area contributed by atoms with Gasteiger partial charge in [0.15, 0.2) is 5.58 Å². The fourth-order valence-electron chi connectivity index (χ4n) is 3.47. The number of hydrogen-bond acceptors (Lipinski definition) is 5. The van der Waals surface area contributed by atoms with E-state index in [1.54, 1.807) is 24.3 Å². The fraction of sp³-hybridized carbons (Fsp3) is 0.154. The Balaban J connectivity index is 1.50. The topological polar surface area (TPSA) is 98.3 Å². The summed E-state index contributed by atoms with van der Waals surface area (Å²) in [5, 5.41) is 13.8. The number of rotatable bonds is 7. The number of fused-ring (bicyclic) bond motifs is 1. The molecule has 4 rings (SSSR count). The zero-order valence-corrected chi connectivity index (χ0v) is 19.4. The molecule has 0 bridgehead atoms.